The normalized spacial score (nSPS) is 32.9. The van der Waals surface area contributed by atoms with E-state index in [9.17, 15) is 0 Å². The predicted octanol–water partition coefficient (Wildman–Crippen LogP) is 2.53. The van der Waals surface area contributed by atoms with Gasteiger partial charge in [-0.3, -0.25) is 4.90 Å². The summed E-state index contributed by atoms with van der Waals surface area (Å²) >= 11 is 0. The van der Waals surface area contributed by atoms with Gasteiger partial charge in [-0.15, -0.1) is 0 Å². The van der Waals surface area contributed by atoms with Gasteiger partial charge in [0.15, 0.2) is 0 Å². The molecule has 3 aliphatic rings. The molecule has 0 aromatic carbocycles. The Labute approximate surface area is 131 Å². The third kappa shape index (κ3) is 3.36. The third-order valence-corrected chi connectivity index (χ3v) is 5.12. The second-order valence-electron chi connectivity index (χ2n) is 7.34. The minimum atomic E-state index is 0.00521. The summed E-state index contributed by atoms with van der Waals surface area (Å²) in [4.78, 5) is 2.45. The number of piperidine rings is 1. The SMILES string of the molecule is Cc1cc(CN2CCC[C@]3(C[C@@H](OCC4CC4)CO3)C2)no1. The minimum Gasteiger partial charge on any atom is -0.375 e. The van der Waals surface area contributed by atoms with Crippen LogP contribution >= 0.6 is 0 Å². The molecule has 0 unspecified atom stereocenters. The van der Waals surface area contributed by atoms with Gasteiger partial charge in [-0.25, -0.2) is 0 Å². The number of ether oxygens (including phenoxy) is 2. The molecule has 0 amide bonds. The van der Waals surface area contributed by atoms with Crippen molar-refractivity contribution in [1.82, 2.24) is 10.1 Å². The van der Waals surface area contributed by atoms with Crippen LogP contribution in [-0.4, -0.2) is 48.1 Å². The van der Waals surface area contributed by atoms with E-state index in [1.807, 2.05) is 13.0 Å². The summed E-state index contributed by atoms with van der Waals surface area (Å²) in [5.41, 5.74) is 1.03. The molecule has 1 aliphatic carbocycles. The van der Waals surface area contributed by atoms with Crippen LogP contribution in [0.2, 0.25) is 0 Å². The summed E-state index contributed by atoms with van der Waals surface area (Å²) in [6, 6.07) is 2.03. The molecular weight excluding hydrogens is 280 g/mol. The first-order valence-corrected chi connectivity index (χ1v) is 8.61. The highest BCUT2D eigenvalue weighted by Gasteiger charge is 2.44. The highest BCUT2D eigenvalue weighted by atomic mass is 16.6. The Bertz CT molecular complexity index is 514. The van der Waals surface area contributed by atoms with Gasteiger partial charge in [-0.1, -0.05) is 5.16 Å². The van der Waals surface area contributed by atoms with E-state index in [-0.39, 0.29) is 5.60 Å². The van der Waals surface area contributed by atoms with Crippen LogP contribution < -0.4 is 0 Å². The largest absolute Gasteiger partial charge is 0.375 e. The van der Waals surface area contributed by atoms with Gasteiger partial charge in [0.25, 0.3) is 0 Å². The fraction of sp³-hybridized carbons (Fsp3) is 0.824. The van der Waals surface area contributed by atoms with Crippen molar-refractivity contribution >= 4 is 0 Å². The molecule has 3 heterocycles. The average Bonchev–Trinajstić information content (AvgIpc) is 3.14. The Morgan fingerprint density at radius 2 is 2.36 bits per heavy atom. The van der Waals surface area contributed by atoms with Crippen molar-refractivity contribution in [1.29, 1.82) is 0 Å². The third-order valence-electron chi connectivity index (χ3n) is 5.12. The fourth-order valence-corrected chi connectivity index (χ4v) is 3.80. The number of nitrogens with zero attached hydrogens (tertiary/aromatic N) is 2. The van der Waals surface area contributed by atoms with E-state index in [1.165, 1.54) is 19.3 Å². The summed E-state index contributed by atoms with van der Waals surface area (Å²) in [6.07, 6.45) is 6.40. The lowest BCUT2D eigenvalue weighted by Gasteiger charge is -2.39. The molecule has 0 N–H and O–H groups in total. The lowest BCUT2D eigenvalue weighted by molar-refractivity contribution is -0.0550. The monoisotopic (exact) mass is 306 g/mol. The van der Waals surface area contributed by atoms with Gasteiger partial charge in [0.1, 0.15) is 5.76 Å². The molecule has 4 rings (SSSR count). The molecule has 22 heavy (non-hydrogen) atoms. The van der Waals surface area contributed by atoms with Crippen LogP contribution in [0.15, 0.2) is 10.6 Å². The van der Waals surface area contributed by atoms with E-state index < -0.39 is 0 Å². The predicted molar refractivity (Wildman–Crippen MR) is 81.5 cm³/mol. The summed E-state index contributed by atoms with van der Waals surface area (Å²) in [5.74, 6) is 1.71. The van der Waals surface area contributed by atoms with Gasteiger partial charge < -0.3 is 14.0 Å². The topological polar surface area (TPSA) is 47.7 Å². The summed E-state index contributed by atoms with van der Waals surface area (Å²) in [7, 11) is 0. The highest BCUT2D eigenvalue weighted by molar-refractivity contribution is 5.04. The second kappa shape index (κ2) is 5.95. The molecule has 2 saturated heterocycles. The van der Waals surface area contributed by atoms with Crippen LogP contribution in [0.25, 0.3) is 0 Å². The van der Waals surface area contributed by atoms with E-state index in [2.05, 4.69) is 10.1 Å². The van der Waals surface area contributed by atoms with E-state index in [4.69, 9.17) is 14.0 Å². The molecule has 122 valence electrons. The standard InChI is InChI=1S/C17H26N2O3/c1-13-7-15(18-22-13)9-19-6-2-5-17(12-19)8-16(11-21-17)20-10-14-3-4-14/h7,14,16H,2-6,8-12H2,1H3/t16-,17+/m1/s1. The molecule has 1 spiro atoms. The van der Waals surface area contributed by atoms with Crippen LogP contribution in [0.3, 0.4) is 0 Å². The zero-order valence-corrected chi connectivity index (χ0v) is 13.4. The maximum Gasteiger partial charge on any atom is 0.133 e. The molecule has 1 aromatic heterocycles. The molecule has 1 aromatic rings. The lowest BCUT2D eigenvalue weighted by atomic mass is 9.89. The maximum absolute atomic E-state index is 6.21. The highest BCUT2D eigenvalue weighted by Crippen LogP contribution is 2.37. The van der Waals surface area contributed by atoms with Crippen molar-refractivity contribution in [3.8, 4) is 0 Å². The van der Waals surface area contributed by atoms with Gasteiger partial charge in [0.05, 0.1) is 24.0 Å². The van der Waals surface area contributed by atoms with Crippen LogP contribution in [0.1, 0.15) is 43.6 Å². The van der Waals surface area contributed by atoms with Crippen LogP contribution in [0.5, 0.6) is 0 Å². The van der Waals surface area contributed by atoms with Crippen LogP contribution in [0, 0.1) is 12.8 Å². The van der Waals surface area contributed by atoms with Crippen molar-refractivity contribution in [2.75, 3.05) is 26.3 Å². The molecule has 1 saturated carbocycles. The van der Waals surface area contributed by atoms with Gasteiger partial charge in [0.2, 0.25) is 0 Å². The molecule has 2 atom stereocenters. The number of hydrogen-bond donors (Lipinski definition) is 0. The summed E-state index contributed by atoms with van der Waals surface area (Å²) in [5, 5.41) is 4.11. The second-order valence-corrected chi connectivity index (χ2v) is 7.34. The average molecular weight is 306 g/mol. The lowest BCUT2D eigenvalue weighted by Crippen LogP contribution is -2.47. The quantitative estimate of drug-likeness (QED) is 0.836. The zero-order valence-electron chi connectivity index (χ0n) is 13.4. The number of likely N-dealkylation sites (tertiary alicyclic amines) is 1. The van der Waals surface area contributed by atoms with Crippen molar-refractivity contribution in [2.45, 2.75) is 57.3 Å². The summed E-state index contributed by atoms with van der Waals surface area (Å²) < 4.78 is 17.4. The van der Waals surface area contributed by atoms with E-state index in [0.29, 0.717) is 6.10 Å². The molecular formula is C17H26N2O3. The Morgan fingerprint density at radius 1 is 1.45 bits per heavy atom. The minimum absolute atomic E-state index is 0.00521. The Balaban J connectivity index is 1.32. The smallest absolute Gasteiger partial charge is 0.133 e. The molecule has 5 nitrogen and oxygen atoms in total. The first kappa shape index (κ1) is 14.7. The molecule has 0 bridgehead atoms. The maximum atomic E-state index is 6.21. The zero-order chi connectivity index (χ0) is 15.0. The number of hydrogen-bond acceptors (Lipinski definition) is 5. The Morgan fingerprint density at radius 3 is 3.14 bits per heavy atom. The number of aromatic nitrogens is 1. The van der Waals surface area contributed by atoms with Crippen molar-refractivity contribution in [3.05, 3.63) is 17.5 Å². The van der Waals surface area contributed by atoms with Crippen molar-refractivity contribution < 1.29 is 14.0 Å². The van der Waals surface area contributed by atoms with E-state index >= 15 is 0 Å². The van der Waals surface area contributed by atoms with E-state index in [1.54, 1.807) is 0 Å². The van der Waals surface area contributed by atoms with Gasteiger partial charge in [0, 0.05) is 32.2 Å². The molecule has 2 aliphatic heterocycles. The number of aryl methyl sites for hydroxylation is 1. The first-order chi connectivity index (χ1) is 10.7. The first-order valence-electron chi connectivity index (χ1n) is 8.61. The fourth-order valence-electron chi connectivity index (χ4n) is 3.80. The van der Waals surface area contributed by atoms with E-state index in [0.717, 1.165) is 63.1 Å². The Kier molecular flexibility index (Phi) is 3.96. The van der Waals surface area contributed by atoms with Gasteiger partial charge in [-0.2, -0.15) is 0 Å². The Hall–Kier alpha value is -0.910. The number of rotatable bonds is 5. The summed E-state index contributed by atoms with van der Waals surface area (Å²) in [6.45, 7) is 6.61. The van der Waals surface area contributed by atoms with Crippen LogP contribution in [-0.2, 0) is 16.0 Å². The van der Waals surface area contributed by atoms with Crippen molar-refractivity contribution in [2.24, 2.45) is 5.92 Å². The molecule has 0 radical (unpaired) electrons. The van der Waals surface area contributed by atoms with Gasteiger partial charge in [-0.05, 0) is 45.1 Å². The van der Waals surface area contributed by atoms with Crippen molar-refractivity contribution in [3.63, 3.8) is 0 Å². The molecule has 3 fully saturated rings. The van der Waals surface area contributed by atoms with Gasteiger partial charge >= 0.3 is 0 Å². The van der Waals surface area contributed by atoms with Crippen LogP contribution in [0.4, 0.5) is 0 Å². The molecule has 5 heteroatoms.